The fraction of sp³-hybridized carbons (Fsp3) is 0.308. The minimum Gasteiger partial charge on any atom is -0.353 e. The second-order valence-electron chi connectivity index (χ2n) is 3.53. The van der Waals surface area contributed by atoms with Gasteiger partial charge in [-0.15, -0.1) is 0 Å². The molecule has 0 fully saturated rings. The van der Waals surface area contributed by atoms with Gasteiger partial charge >= 0.3 is 0 Å². The summed E-state index contributed by atoms with van der Waals surface area (Å²) < 4.78 is 12.6. The van der Waals surface area contributed by atoms with Crippen LogP contribution >= 0.6 is 0 Å². The molecule has 16 heavy (non-hydrogen) atoms. The van der Waals surface area contributed by atoms with Crippen LogP contribution in [0.25, 0.3) is 6.08 Å². The fourth-order valence-corrected chi connectivity index (χ4v) is 1.19. The molecule has 0 aliphatic carbocycles. The third kappa shape index (κ3) is 4.73. The fourth-order valence-electron chi connectivity index (χ4n) is 1.19. The number of benzene rings is 1. The number of amides is 1. The molecule has 0 spiro atoms. The number of nitrogens with one attached hydrogen (secondary N) is 1. The number of hydrogen-bond acceptors (Lipinski definition) is 1. The lowest BCUT2D eigenvalue weighted by molar-refractivity contribution is -0.116. The van der Waals surface area contributed by atoms with Crippen molar-refractivity contribution in [3.63, 3.8) is 0 Å². The zero-order valence-electron chi connectivity index (χ0n) is 9.37. The van der Waals surface area contributed by atoms with E-state index in [0.717, 1.165) is 18.4 Å². The first-order valence-corrected chi connectivity index (χ1v) is 5.44. The molecule has 3 heteroatoms. The third-order valence-electron chi connectivity index (χ3n) is 2.13. The Balaban J connectivity index is 2.41. The monoisotopic (exact) mass is 221 g/mol. The van der Waals surface area contributed by atoms with Crippen LogP contribution in [0.5, 0.6) is 0 Å². The van der Waals surface area contributed by atoms with Crippen molar-refractivity contribution in [3.8, 4) is 0 Å². The van der Waals surface area contributed by atoms with Crippen LogP contribution in [0.15, 0.2) is 30.3 Å². The molecule has 1 amide bonds. The van der Waals surface area contributed by atoms with Gasteiger partial charge in [0.1, 0.15) is 5.82 Å². The van der Waals surface area contributed by atoms with Crippen LogP contribution < -0.4 is 5.32 Å². The van der Waals surface area contributed by atoms with Crippen molar-refractivity contribution in [1.29, 1.82) is 0 Å². The second-order valence-corrected chi connectivity index (χ2v) is 3.53. The molecule has 0 radical (unpaired) electrons. The Morgan fingerprint density at radius 3 is 2.69 bits per heavy atom. The average Bonchev–Trinajstić information content (AvgIpc) is 2.29. The molecule has 2 nitrogen and oxygen atoms in total. The smallest absolute Gasteiger partial charge is 0.243 e. The minimum absolute atomic E-state index is 0.113. The molecule has 1 rings (SSSR count). The highest BCUT2D eigenvalue weighted by atomic mass is 19.1. The normalized spacial score (nSPS) is 10.6. The van der Waals surface area contributed by atoms with Crippen molar-refractivity contribution in [3.05, 3.63) is 41.7 Å². The van der Waals surface area contributed by atoms with E-state index in [1.807, 2.05) is 0 Å². The molecule has 0 atom stereocenters. The lowest BCUT2D eigenvalue weighted by atomic mass is 10.2. The zero-order chi connectivity index (χ0) is 11.8. The molecular weight excluding hydrogens is 205 g/mol. The van der Waals surface area contributed by atoms with Gasteiger partial charge in [0, 0.05) is 12.6 Å². The van der Waals surface area contributed by atoms with E-state index in [1.54, 1.807) is 18.2 Å². The van der Waals surface area contributed by atoms with Gasteiger partial charge in [-0.25, -0.2) is 4.39 Å². The van der Waals surface area contributed by atoms with Crippen molar-refractivity contribution in [2.45, 2.75) is 19.8 Å². The predicted molar refractivity (Wildman–Crippen MR) is 63.4 cm³/mol. The first-order valence-electron chi connectivity index (χ1n) is 5.44. The molecule has 0 aromatic heterocycles. The summed E-state index contributed by atoms with van der Waals surface area (Å²) in [5.74, 6) is -0.387. The summed E-state index contributed by atoms with van der Waals surface area (Å²) in [5.41, 5.74) is 0.812. The molecule has 86 valence electrons. The van der Waals surface area contributed by atoms with E-state index in [9.17, 15) is 9.18 Å². The molecule has 0 saturated heterocycles. The van der Waals surface area contributed by atoms with E-state index >= 15 is 0 Å². The van der Waals surface area contributed by atoms with Gasteiger partial charge in [0.25, 0.3) is 0 Å². The van der Waals surface area contributed by atoms with Gasteiger partial charge in [-0.1, -0.05) is 25.5 Å². The first kappa shape index (κ1) is 12.4. The van der Waals surface area contributed by atoms with Crippen molar-refractivity contribution in [2.75, 3.05) is 6.54 Å². The first-order chi connectivity index (χ1) is 7.72. The maximum atomic E-state index is 12.6. The molecule has 0 bridgehead atoms. The Kier molecular flexibility index (Phi) is 5.26. The Bertz CT molecular complexity index is 357. The minimum atomic E-state index is -0.274. The van der Waals surface area contributed by atoms with E-state index in [0.29, 0.717) is 6.54 Å². The van der Waals surface area contributed by atoms with Crippen LogP contribution in [0.3, 0.4) is 0 Å². The average molecular weight is 221 g/mol. The van der Waals surface area contributed by atoms with Crippen molar-refractivity contribution in [1.82, 2.24) is 5.32 Å². The molecule has 0 aliphatic heterocycles. The molecule has 1 N–H and O–H groups in total. The molecular formula is C13H16FNO. The molecule has 0 aliphatic rings. The highest BCUT2D eigenvalue weighted by molar-refractivity contribution is 5.91. The SMILES string of the molecule is CCCCNC(=O)/C=C/c1ccc(F)cc1. The summed E-state index contributed by atoms with van der Waals surface area (Å²) in [6.45, 7) is 2.77. The topological polar surface area (TPSA) is 29.1 Å². The lowest BCUT2D eigenvalue weighted by Gasteiger charge is -1.99. The summed E-state index contributed by atoms with van der Waals surface area (Å²) in [6.07, 6.45) is 5.17. The van der Waals surface area contributed by atoms with Gasteiger partial charge in [0.05, 0.1) is 0 Å². The van der Waals surface area contributed by atoms with Gasteiger partial charge in [-0.2, -0.15) is 0 Å². The Morgan fingerprint density at radius 1 is 1.38 bits per heavy atom. The van der Waals surface area contributed by atoms with Crippen LogP contribution in [-0.4, -0.2) is 12.5 Å². The van der Waals surface area contributed by atoms with E-state index in [2.05, 4.69) is 12.2 Å². The van der Waals surface area contributed by atoms with Crippen LogP contribution in [0, 0.1) is 5.82 Å². The summed E-state index contributed by atoms with van der Waals surface area (Å²) in [5, 5.41) is 2.77. The van der Waals surface area contributed by atoms with Gasteiger partial charge in [-0.05, 0) is 30.2 Å². The van der Waals surface area contributed by atoms with E-state index in [1.165, 1.54) is 18.2 Å². The zero-order valence-corrected chi connectivity index (χ0v) is 9.37. The maximum Gasteiger partial charge on any atom is 0.243 e. The predicted octanol–water partition coefficient (Wildman–Crippen LogP) is 2.76. The van der Waals surface area contributed by atoms with Gasteiger partial charge in [0.15, 0.2) is 0 Å². The van der Waals surface area contributed by atoms with Crippen LogP contribution in [0.2, 0.25) is 0 Å². The molecule has 0 unspecified atom stereocenters. The summed E-state index contributed by atoms with van der Waals surface area (Å²) in [6, 6.07) is 6.00. The number of carbonyl (C=O) groups excluding carboxylic acids is 1. The third-order valence-corrected chi connectivity index (χ3v) is 2.13. The molecule has 1 aromatic carbocycles. The number of hydrogen-bond donors (Lipinski definition) is 1. The Hall–Kier alpha value is -1.64. The summed E-state index contributed by atoms with van der Waals surface area (Å²) in [4.78, 5) is 11.3. The molecule has 0 heterocycles. The van der Waals surface area contributed by atoms with Gasteiger partial charge in [-0.3, -0.25) is 4.79 Å². The van der Waals surface area contributed by atoms with Crippen molar-refractivity contribution in [2.24, 2.45) is 0 Å². The highest BCUT2D eigenvalue weighted by Crippen LogP contribution is 2.04. The van der Waals surface area contributed by atoms with E-state index in [4.69, 9.17) is 0 Å². The standard InChI is InChI=1S/C13H16FNO/c1-2-3-10-15-13(16)9-6-11-4-7-12(14)8-5-11/h4-9H,2-3,10H2,1H3,(H,15,16)/b9-6+. The van der Waals surface area contributed by atoms with Crippen LogP contribution in [-0.2, 0) is 4.79 Å². The van der Waals surface area contributed by atoms with Gasteiger partial charge < -0.3 is 5.32 Å². The Morgan fingerprint density at radius 2 is 2.06 bits per heavy atom. The summed E-state index contributed by atoms with van der Waals surface area (Å²) in [7, 11) is 0. The largest absolute Gasteiger partial charge is 0.353 e. The number of unbranched alkanes of at least 4 members (excludes halogenated alkanes) is 1. The van der Waals surface area contributed by atoms with E-state index in [-0.39, 0.29) is 11.7 Å². The lowest BCUT2D eigenvalue weighted by Crippen LogP contribution is -2.21. The van der Waals surface area contributed by atoms with Crippen LogP contribution in [0.1, 0.15) is 25.3 Å². The number of halogens is 1. The van der Waals surface area contributed by atoms with Gasteiger partial charge in [0.2, 0.25) is 5.91 Å². The van der Waals surface area contributed by atoms with Crippen LogP contribution in [0.4, 0.5) is 4.39 Å². The second kappa shape index (κ2) is 6.77. The quantitative estimate of drug-likeness (QED) is 0.601. The Labute approximate surface area is 95.2 Å². The van der Waals surface area contributed by atoms with Crippen molar-refractivity contribution < 1.29 is 9.18 Å². The summed E-state index contributed by atoms with van der Waals surface area (Å²) >= 11 is 0. The molecule has 0 saturated carbocycles. The maximum absolute atomic E-state index is 12.6. The van der Waals surface area contributed by atoms with Crippen molar-refractivity contribution >= 4 is 12.0 Å². The van der Waals surface area contributed by atoms with E-state index < -0.39 is 0 Å². The number of carbonyl (C=O) groups is 1. The molecule has 1 aromatic rings. The highest BCUT2D eigenvalue weighted by Gasteiger charge is 1.94. The number of rotatable bonds is 5.